The van der Waals surface area contributed by atoms with E-state index in [1.165, 1.54) is 0 Å². The number of nitrogens with one attached hydrogen (secondary N) is 2. The van der Waals surface area contributed by atoms with Gasteiger partial charge in [-0.05, 0) is 19.3 Å². The van der Waals surface area contributed by atoms with Crippen molar-refractivity contribution >= 4 is 12.0 Å². The monoisotopic (exact) mass is 286 g/mol. The fourth-order valence-corrected chi connectivity index (χ4v) is 2.59. The summed E-state index contributed by atoms with van der Waals surface area (Å²) in [5.41, 5.74) is -1.20. The van der Waals surface area contributed by atoms with Gasteiger partial charge in [-0.15, -0.1) is 0 Å². The van der Waals surface area contributed by atoms with E-state index in [-0.39, 0.29) is 6.10 Å². The number of aliphatic carboxylic acids is 1. The molecule has 2 aliphatic rings. The van der Waals surface area contributed by atoms with Gasteiger partial charge in [0, 0.05) is 39.2 Å². The normalized spacial score (nSPS) is 25.1. The predicted octanol–water partition coefficient (Wildman–Crippen LogP) is 0.488. The van der Waals surface area contributed by atoms with Gasteiger partial charge in [0.1, 0.15) is 5.54 Å². The average molecular weight is 286 g/mol. The van der Waals surface area contributed by atoms with Crippen LogP contribution in [0.4, 0.5) is 4.79 Å². The zero-order chi connectivity index (χ0) is 14.4. The summed E-state index contributed by atoms with van der Waals surface area (Å²) in [5, 5.41) is 14.6. The van der Waals surface area contributed by atoms with Gasteiger partial charge in [-0.1, -0.05) is 0 Å². The molecule has 1 atom stereocenters. The highest BCUT2D eigenvalue weighted by Crippen LogP contribution is 2.21. The van der Waals surface area contributed by atoms with Gasteiger partial charge in [0.25, 0.3) is 0 Å². The molecule has 2 heterocycles. The third-order valence-corrected chi connectivity index (χ3v) is 3.88. The molecular weight excluding hydrogens is 264 g/mol. The van der Waals surface area contributed by atoms with E-state index in [0.717, 1.165) is 25.9 Å². The fourth-order valence-electron chi connectivity index (χ4n) is 2.59. The maximum Gasteiger partial charge on any atom is 0.329 e. The first kappa shape index (κ1) is 15.1. The zero-order valence-electron chi connectivity index (χ0n) is 11.5. The molecule has 0 saturated carbocycles. The molecule has 0 aromatic heterocycles. The van der Waals surface area contributed by atoms with Gasteiger partial charge in [0.05, 0.1) is 6.10 Å². The quantitative estimate of drug-likeness (QED) is 0.683. The van der Waals surface area contributed by atoms with Crippen LogP contribution in [-0.2, 0) is 14.3 Å². The molecule has 0 aliphatic carbocycles. The van der Waals surface area contributed by atoms with E-state index >= 15 is 0 Å². The number of rotatable bonds is 5. The van der Waals surface area contributed by atoms with Gasteiger partial charge in [0.15, 0.2) is 0 Å². The Kier molecular flexibility index (Phi) is 5.19. The van der Waals surface area contributed by atoms with E-state index in [1.54, 1.807) is 0 Å². The largest absolute Gasteiger partial charge is 0.480 e. The first-order valence-electron chi connectivity index (χ1n) is 7.11. The number of carboxylic acids is 1. The average Bonchev–Trinajstić information content (AvgIpc) is 2.93. The molecule has 1 unspecified atom stereocenters. The summed E-state index contributed by atoms with van der Waals surface area (Å²) in [6.07, 6.45) is 3.66. The summed E-state index contributed by atoms with van der Waals surface area (Å²) in [6, 6.07) is -0.438. The summed E-state index contributed by atoms with van der Waals surface area (Å²) in [6.45, 7) is 1.98. The number of urea groups is 1. The molecule has 3 N–H and O–H groups in total. The lowest BCUT2D eigenvalue weighted by Crippen LogP contribution is -2.59. The number of amides is 2. The van der Waals surface area contributed by atoms with Gasteiger partial charge in [-0.3, -0.25) is 0 Å². The molecule has 0 spiro atoms. The number of hydrogen-bond acceptors (Lipinski definition) is 4. The summed E-state index contributed by atoms with van der Waals surface area (Å²) in [5.74, 6) is -1.00. The van der Waals surface area contributed by atoms with E-state index in [1.807, 2.05) is 0 Å². The third kappa shape index (κ3) is 3.83. The lowest BCUT2D eigenvalue weighted by atomic mass is 9.90. The number of ether oxygens (including phenoxy) is 2. The Labute approximate surface area is 118 Å². The van der Waals surface area contributed by atoms with Gasteiger partial charge in [-0.25, -0.2) is 9.59 Å². The van der Waals surface area contributed by atoms with Gasteiger partial charge in [0.2, 0.25) is 0 Å². The van der Waals surface area contributed by atoms with Crippen molar-refractivity contribution in [3.8, 4) is 0 Å². The van der Waals surface area contributed by atoms with Crippen molar-refractivity contribution in [2.45, 2.75) is 43.7 Å². The topological polar surface area (TPSA) is 96.9 Å². The minimum absolute atomic E-state index is 0.215. The molecule has 20 heavy (non-hydrogen) atoms. The van der Waals surface area contributed by atoms with Gasteiger partial charge in [-0.2, -0.15) is 0 Å². The van der Waals surface area contributed by atoms with Crippen molar-refractivity contribution in [3.05, 3.63) is 0 Å². The molecule has 2 saturated heterocycles. The molecule has 2 rings (SSSR count). The van der Waals surface area contributed by atoms with Crippen molar-refractivity contribution in [2.24, 2.45) is 0 Å². The number of hydrogen-bond donors (Lipinski definition) is 3. The third-order valence-electron chi connectivity index (χ3n) is 3.88. The van der Waals surface area contributed by atoms with Crippen LogP contribution >= 0.6 is 0 Å². The van der Waals surface area contributed by atoms with Crippen LogP contribution in [-0.4, -0.2) is 55.1 Å². The van der Waals surface area contributed by atoms with Crippen LogP contribution in [0.15, 0.2) is 0 Å². The van der Waals surface area contributed by atoms with E-state index < -0.39 is 17.5 Å². The van der Waals surface area contributed by atoms with Gasteiger partial charge >= 0.3 is 12.0 Å². The maximum atomic E-state index is 11.8. The molecule has 2 aliphatic heterocycles. The van der Waals surface area contributed by atoms with Crippen molar-refractivity contribution in [1.82, 2.24) is 10.6 Å². The number of carbonyl (C=O) groups is 2. The highest BCUT2D eigenvalue weighted by atomic mass is 16.5. The van der Waals surface area contributed by atoms with Gasteiger partial charge < -0.3 is 25.2 Å². The Hall–Kier alpha value is -1.34. The molecular formula is C13H22N2O5. The standard InChI is InChI=1S/C13H22N2O5/c16-11(17)13(4-8-19-9-5-13)15-12(18)14-6-3-10-2-1-7-20-10/h10H,1-9H2,(H,16,17)(H2,14,15,18). The highest BCUT2D eigenvalue weighted by molar-refractivity contribution is 5.86. The van der Waals surface area contributed by atoms with Crippen molar-refractivity contribution in [1.29, 1.82) is 0 Å². The Morgan fingerprint density at radius 3 is 2.60 bits per heavy atom. The molecule has 2 fully saturated rings. The van der Waals surface area contributed by atoms with Crippen LogP contribution in [0, 0.1) is 0 Å². The summed E-state index contributed by atoms with van der Waals surface area (Å²) >= 11 is 0. The Bertz CT molecular complexity index is 349. The van der Waals surface area contributed by atoms with E-state index in [2.05, 4.69) is 10.6 Å². The molecule has 7 nitrogen and oxygen atoms in total. The van der Waals surface area contributed by atoms with Crippen LogP contribution in [0.3, 0.4) is 0 Å². The summed E-state index contributed by atoms with van der Waals surface area (Å²) in [7, 11) is 0. The van der Waals surface area contributed by atoms with Crippen LogP contribution in [0.5, 0.6) is 0 Å². The van der Waals surface area contributed by atoms with Crippen LogP contribution < -0.4 is 10.6 Å². The fraction of sp³-hybridized carbons (Fsp3) is 0.846. The minimum Gasteiger partial charge on any atom is -0.480 e. The number of carbonyl (C=O) groups excluding carboxylic acids is 1. The second-order valence-electron chi connectivity index (χ2n) is 5.30. The molecule has 0 aromatic rings. The number of carboxylic acid groups (broad SMARTS) is 1. The molecule has 114 valence electrons. The highest BCUT2D eigenvalue weighted by Gasteiger charge is 2.41. The molecule has 0 aromatic carbocycles. The molecule has 7 heteroatoms. The van der Waals surface area contributed by atoms with Crippen LogP contribution in [0.25, 0.3) is 0 Å². The van der Waals surface area contributed by atoms with Crippen molar-refractivity contribution in [2.75, 3.05) is 26.4 Å². The molecule has 0 radical (unpaired) electrons. The maximum absolute atomic E-state index is 11.8. The second kappa shape index (κ2) is 6.90. The molecule has 0 bridgehead atoms. The Balaban J connectivity index is 1.75. The Morgan fingerprint density at radius 1 is 1.25 bits per heavy atom. The predicted molar refractivity (Wildman–Crippen MR) is 70.5 cm³/mol. The van der Waals surface area contributed by atoms with Crippen LogP contribution in [0.2, 0.25) is 0 Å². The first-order valence-corrected chi connectivity index (χ1v) is 7.11. The van der Waals surface area contributed by atoms with Crippen LogP contribution in [0.1, 0.15) is 32.1 Å². The van der Waals surface area contributed by atoms with E-state index in [4.69, 9.17) is 9.47 Å². The first-order chi connectivity index (χ1) is 9.62. The SMILES string of the molecule is O=C(NCCC1CCCO1)NC1(C(=O)O)CCOCC1. The van der Waals surface area contributed by atoms with Crippen molar-refractivity contribution in [3.63, 3.8) is 0 Å². The minimum atomic E-state index is -1.20. The Morgan fingerprint density at radius 2 is 2.00 bits per heavy atom. The lowest BCUT2D eigenvalue weighted by Gasteiger charge is -2.33. The summed E-state index contributed by atoms with van der Waals surface area (Å²) in [4.78, 5) is 23.2. The molecule has 2 amide bonds. The smallest absolute Gasteiger partial charge is 0.329 e. The summed E-state index contributed by atoms with van der Waals surface area (Å²) < 4.78 is 10.6. The lowest BCUT2D eigenvalue weighted by molar-refractivity contribution is -0.148. The van der Waals surface area contributed by atoms with Crippen molar-refractivity contribution < 1.29 is 24.2 Å². The zero-order valence-corrected chi connectivity index (χ0v) is 11.5. The van der Waals surface area contributed by atoms with E-state index in [0.29, 0.717) is 32.6 Å². The van der Waals surface area contributed by atoms with E-state index in [9.17, 15) is 14.7 Å². The second-order valence-corrected chi connectivity index (χ2v) is 5.30.